The van der Waals surface area contributed by atoms with Crippen molar-refractivity contribution in [2.45, 2.75) is 52.6 Å². The van der Waals surface area contributed by atoms with Crippen LogP contribution in [-0.2, 0) is 38.2 Å². The number of nitrogens with one attached hydrogen (secondary N) is 2. The number of methoxy groups -OCH3 is 2. The SMILES string of the molecule is COC(=O)C(CC(C)C)NC(=O)CN(CCN(CC(=O)O)CC(=O)NC(CC(C)C)C(=O)OC)CC(=O)O. The summed E-state index contributed by atoms with van der Waals surface area (Å²) in [6.45, 7) is 5.47. The quantitative estimate of drug-likeness (QED) is 0.147. The summed E-state index contributed by atoms with van der Waals surface area (Å²) in [6.07, 6.45) is 0.643. The van der Waals surface area contributed by atoms with Gasteiger partial charge in [-0.15, -0.1) is 0 Å². The minimum absolute atomic E-state index is 0.0697. The average Bonchev–Trinajstić information content (AvgIpc) is 2.78. The van der Waals surface area contributed by atoms with Crippen LogP contribution in [0.4, 0.5) is 0 Å². The molecule has 2 unspecified atom stereocenters. The van der Waals surface area contributed by atoms with Crippen LogP contribution in [0.1, 0.15) is 40.5 Å². The summed E-state index contributed by atoms with van der Waals surface area (Å²) in [6, 6.07) is -1.81. The number of amides is 2. The normalized spacial score (nSPS) is 12.8. The second-order valence-corrected chi connectivity index (χ2v) is 9.75. The molecule has 0 saturated carbocycles. The van der Waals surface area contributed by atoms with Gasteiger partial charge in [0, 0.05) is 13.1 Å². The fourth-order valence-electron chi connectivity index (χ4n) is 3.64. The van der Waals surface area contributed by atoms with Crippen molar-refractivity contribution in [3.63, 3.8) is 0 Å². The van der Waals surface area contributed by atoms with E-state index < -0.39 is 60.9 Å². The second-order valence-electron chi connectivity index (χ2n) is 9.75. The summed E-state index contributed by atoms with van der Waals surface area (Å²) in [4.78, 5) is 74.4. The van der Waals surface area contributed by atoms with Crippen LogP contribution in [0.5, 0.6) is 0 Å². The van der Waals surface area contributed by atoms with Gasteiger partial charge in [-0.3, -0.25) is 29.0 Å². The van der Waals surface area contributed by atoms with Crippen molar-refractivity contribution in [2.75, 3.05) is 53.5 Å². The number of hydrogen-bond donors (Lipinski definition) is 4. The molecule has 2 amide bonds. The van der Waals surface area contributed by atoms with E-state index >= 15 is 0 Å². The summed E-state index contributed by atoms with van der Waals surface area (Å²) >= 11 is 0. The number of esters is 2. The zero-order chi connectivity index (χ0) is 29.4. The van der Waals surface area contributed by atoms with Crippen molar-refractivity contribution in [3.8, 4) is 0 Å². The standard InChI is InChI=1S/C24H42N4O10/c1-15(2)9-17(23(35)37-5)25-19(29)11-27(13-21(31)32)7-8-28(14-22(33)34)12-20(30)26-18(10-16(3)4)24(36)38-6/h15-18H,7-14H2,1-6H3,(H,25,29)(H,26,30)(H,31,32)(H,33,34). The van der Waals surface area contributed by atoms with E-state index in [4.69, 9.17) is 9.47 Å². The van der Waals surface area contributed by atoms with E-state index in [0.29, 0.717) is 12.8 Å². The molecule has 0 aromatic heterocycles. The van der Waals surface area contributed by atoms with Crippen molar-refractivity contribution in [3.05, 3.63) is 0 Å². The van der Waals surface area contributed by atoms with E-state index in [2.05, 4.69) is 10.6 Å². The molecule has 0 heterocycles. The lowest BCUT2D eigenvalue weighted by molar-refractivity contribution is -0.146. The molecule has 0 spiro atoms. The first-order valence-corrected chi connectivity index (χ1v) is 12.3. The Morgan fingerprint density at radius 2 is 0.947 bits per heavy atom. The van der Waals surface area contributed by atoms with Crippen molar-refractivity contribution < 1.29 is 48.5 Å². The Hall–Kier alpha value is -3.26. The van der Waals surface area contributed by atoms with Crippen LogP contribution in [-0.4, -0.2) is 121 Å². The number of carbonyl (C=O) groups is 6. The van der Waals surface area contributed by atoms with Crippen molar-refractivity contribution in [1.29, 1.82) is 0 Å². The highest BCUT2D eigenvalue weighted by Gasteiger charge is 2.26. The van der Waals surface area contributed by atoms with Crippen LogP contribution in [0.3, 0.4) is 0 Å². The zero-order valence-electron chi connectivity index (χ0n) is 23.0. The largest absolute Gasteiger partial charge is 0.480 e. The van der Waals surface area contributed by atoms with E-state index in [-0.39, 0.29) is 38.0 Å². The van der Waals surface area contributed by atoms with E-state index in [1.165, 1.54) is 24.0 Å². The van der Waals surface area contributed by atoms with Crippen molar-refractivity contribution in [2.24, 2.45) is 11.8 Å². The molecular formula is C24H42N4O10. The molecule has 0 radical (unpaired) electrons. The highest BCUT2D eigenvalue weighted by atomic mass is 16.5. The fourth-order valence-corrected chi connectivity index (χ4v) is 3.64. The van der Waals surface area contributed by atoms with Gasteiger partial charge in [-0.1, -0.05) is 27.7 Å². The third kappa shape index (κ3) is 15.8. The smallest absolute Gasteiger partial charge is 0.328 e. The first-order valence-electron chi connectivity index (χ1n) is 12.3. The number of ether oxygens (including phenoxy) is 2. The number of nitrogens with zero attached hydrogens (tertiary/aromatic N) is 2. The van der Waals surface area contributed by atoms with Crippen LogP contribution in [0.2, 0.25) is 0 Å². The Bertz CT molecular complexity index is 752. The van der Waals surface area contributed by atoms with Gasteiger partial charge in [0.25, 0.3) is 0 Å². The molecular weight excluding hydrogens is 504 g/mol. The highest BCUT2D eigenvalue weighted by molar-refractivity contribution is 5.86. The van der Waals surface area contributed by atoms with E-state index in [0.717, 1.165) is 0 Å². The summed E-state index contributed by atoms with van der Waals surface area (Å²) in [5, 5.41) is 23.6. The molecule has 14 nitrogen and oxygen atoms in total. The topological polar surface area (TPSA) is 192 Å². The summed E-state index contributed by atoms with van der Waals surface area (Å²) < 4.78 is 9.43. The predicted molar refractivity (Wildman–Crippen MR) is 135 cm³/mol. The highest BCUT2D eigenvalue weighted by Crippen LogP contribution is 2.08. The summed E-state index contributed by atoms with van der Waals surface area (Å²) in [5.74, 6) is -4.77. The number of rotatable bonds is 19. The Morgan fingerprint density at radius 3 is 1.18 bits per heavy atom. The number of carboxylic acid groups (broad SMARTS) is 2. The molecule has 0 fully saturated rings. The maximum absolute atomic E-state index is 12.6. The van der Waals surface area contributed by atoms with Gasteiger partial charge in [0.15, 0.2) is 0 Å². The monoisotopic (exact) mass is 546 g/mol. The number of carbonyl (C=O) groups excluding carboxylic acids is 4. The molecule has 0 aromatic carbocycles. The third-order valence-electron chi connectivity index (χ3n) is 5.24. The predicted octanol–water partition coefficient (Wildman–Crippen LogP) is -0.833. The molecule has 0 rings (SSSR count). The molecule has 0 bridgehead atoms. The summed E-state index contributed by atoms with van der Waals surface area (Å²) in [7, 11) is 2.39. The van der Waals surface area contributed by atoms with Crippen LogP contribution in [0.25, 0.3) is 0 Å². The maximum Gasteiger partial charge on any atom is 0.328 e. The Labute approximate surface area is 223 Å². The van der Waals surface area contributed by atoms with E-state index in [1.54, 1.807) is 0 Å². The van der Waals surface area contributed by atoms with Crippen LogP contribution >= 0.6 is 0 Å². The first kappa shape index (κ1) is 34.7. The van der Waals surface area contributed by atoms with Gasteiger partial charge < -0.3 is 30.3 Å². The van der Waals surface area contributed by atoms with Crippen LogP contribution in [0.15, 0.2) is 0 Å². The van der Waals surface area contributed by atoms with Gasteiger partial charge in [-0.25, -0.2) is 9.59 Å². The maximum atomic E-state index is 12.6. The van der Waals surface area contributed by atoms with Crippen LogP contribution in [0, 0.1) is 11.8 Å². The molecule has 0 aliphatic rings. The average molecular weight is 547 g/mol. The van der Waals surface area contributed by atoms with Crippen LogP contribution < -0.4 is 10.6 Å². The third-order valence-corrected chi connectivity index (χ3v) is 5.24. The van der Waals surface area contributed by atoms with E-state index in [1.807, 2.05) is 27.7 Å². The lowest BCUT2D eigenvalue weighted by Gasteiger charge is -2.26. The molecule has 14 heteroatoms. The summed E-state index contributed by atoms with van der Waals surface area (Å²) in [5.41, 5.74) is 0. The molecule has 0 aliphatic heterocycles. The van der Waals surface area contributed by atoms with Gasteiger partial charge in [-0.05, 0) is 24.7 Å². The molecule has 38 heavy (non-hydrogen) atoms. The molecule has 4 N–H and O–H groups in total. The lowest BCUT2D eigenvalue weighted by Crippen LogP contribution is -2.50. The molecule has 0 saturated heterocycles. The lowest BCUT2D eigenvalue weighted by atomic mass is 10.0. The van der Waals surface area contributed by atoms with Gasteiger partial charge >= 0.3 is 23.9 Å². The molecule has 2 atom stereocenters. The molecule has 218 valence electrons. The number of hydrogen-bond acceptors (Lipinski definition) is 10. The van der Waals surface area contributed by atoms with E-state index in [9.17, 15) is 39.0 Å². The second kappa shape index (κ2) is 18.1. The number of carboxylic acids is 2. The van der Waals surface area contributed by atoms with Crippen molar-refractivity contribution >= 4 is 35.7 Å². The van der Waals surface area contributed by atoms with Gasteiger partial charge in [-0.2, -0.15) is 0 Å². The minimum Gasteiger partial charge on any atom is -0.480 e. The van der Waals surface area contributed by atoms with Gasteiger partial charge in [0.05, 0.1) is 40.4 Å². The Kier molecular flexibility index (Phi) is 16.5. The fraction of sp³-hybridized carbons (Fsp3) is 0.750. The first-order chi connectivity index (χ1) is 17.7. The van der Waals surface area contributed by atoms with Gasteiger partial charge in [0.1, 0.15) is 12.1 Å². The zero-order valence-corrected chi connectivity index (χ0v) is 23.0. The Morgan fingerprint density at radius 1 is 0.632 bits per heavy atom. The molecule has 0 aliphatic carbocycles. The molecule has 0 aromatic rings. The Balaban J connectivity index is 5.35. The van der Waals surface area contributed by atoms with Gasteiger partial charge in [0.2, 0.25) is 11.8 Å². The van der Waals surface area contributed by atoms with Crippen molar-refractivity contribution in [1.82, 2.24) is 20.4 Å². The number of aliphatic carboxylic acids is 2. The minimum atomic E-state index is -1.22.